The van der Waals surface area contributed by atoms with Crippen molar-refractivity contribution >= 4 is 40.7 Å². The number of nitrogens with one attached hydrogen (secondary N) is 2. The minimum atomic E-state index is -0.837. The van der Waals surface area contributed by atoms with Gasteiger partial charge >= 0.3 is 0 Å². The van der Waals surface area contributed by atoms with Crippen molar-refractivity contribution in [2.24, 2.45) is 10.9 Å². The van der Waals surface area contributed by atoms with Crippen LogP contribution in [0, 0.1) is 5.92 Å². The van der Waals surface area contributed by atoms with Crippen molar-refractivity contribution in [1.29, 1.82) is 0 Å². The Morgan fingerprint density at radius 3 is 2.64 bits per heavy atom. The molecule has 1 saturated carbocycles. The molecule has 0 heterocycles. The third kappa shape index (κ3) is 8.12. The van der Waals surface area contributed by atoms with Crippen molar-refractivity contribution in [1.82, 2.24) is 10.6 Å². The standard InChI is InChI=1S/C16H25N3OS.HI/c1-2-17-16(19-12-14-8-9-14)18-10-11-21(20)13-15-6-4-3-5-7-15;/h3-7,14H,2,8-13H2,1H3,(H2,17,18,19);1H. The maximum Gasteiger partial charge on any atom is 0.191 e. The molecule has 0 aliphatic heterocycles. The van der Waals surface area contributed by atoms with Crippen LogP contribution in [-0.4, -0.2) is 35.6 Å². The van der Waals surface area contributed by atoms with Gasteiger partial charge in [-0.3, -0.25) is 9.20 Å². The minimum absolute atomic E-state index is 0. The van der Waals surface area contributed by atoms with Crippen LogP contribution in [0.3, 0.4) is 0 Å². The molecule has 4 nitrogen and oxygen atoms in total. The van der Waals surface area contributed by atoms with Crippen LogP contribution in [0.4, 0.5) is 0 Å². The summed E-state index contributed by atoms with van der Waals surface area (Å²) in [7, 11) is -0.837. The first kappa shape index (κ1) is 19.4. The van der Waals surface area contributed by atoms with Crippen LogP contribution in [-0.2, 0) is 16.6 Å². The van der Waals surface area contributed by atoms with Gasteiger partial charge in [0.2, 0.25) is 0 Å². The Labute approximate surface area is 153 Å². The van der Waals surface area contributed by atoms with Crippen LogP contribution in [0.5, 0.6) is 0 Å². The highest BCUT2D eigenvalue weighted by molar-refractivity contribution is 14.0. The van der Waals surface area contributed by atoms with Gasteiger partial charge in [0.1, 0.15) is 0 Å². The number of benzene rings is 1. The van der Waals surface area contributed by atoms with Crippen molar-refractivity contribution in [3.8, 4) is 0 Å². The van der Waals surface area contributed by atoms with Crippen molar-refractivity contribution in [2.75, 3.05) is 25.4 Å². The summed E-state index contributed by atoms with van der Waals surface area (Å²) >= 11 is 0. The molecule has 0 aromatic heterocycles. The monoisotopic (exact) mass is 435 g/mol. The molecular formula is C16H26IN3OS. The highest BCUT2D eigenvalue weighted by Gasteiger charge is 2.20. The predicted molar refractivity (Wildman–Crippen MR) is 105 cm³/mol. The van der Waals surface area contributed by atoms with E-state index in [1.54, 1.807) is 0 Å². The van der Waals surface area contributed by atoms with Crippen molar-refractivity contribution in [3.05, 3.63) is 35.9 Å². The van der Waals surface area contributed by atoms with E-state index in [1.165, 1.54) is 12.8 Å². The molecule has 1 aliphatic carbocycles. The van der Waals surface area contributed by atoms with Crippen LogP contribution < -0.4 is 10.6 Å². The maximum atomic E-state index is 12.0. The van der Waals surface area contributed by atoms with Crippen LogP contribution in [0.25, 0.3) is 0 Å². The average molecular weight is 435 g/mol. The van der Waals surface area contributed by atoms with Gasteiger partial charge in [-0.25, -0.2) is 0 Å². The lowest BCUT2D eigenvalue weighted by molar-refractivity contribution is 0.680. The number of hydrogen-bond donors (Lipinski definition) is 2. The number of halogens is 1. The molecule has 0 saturated heterocycles. The molecule has 22 heavy (non-hydrogen) atoms. The van der Waals surface area contributed by atoms with Crippen LogP contribution in [0.15, 0.2) is 35.3 Å². The molecule has 0 spiro atoms. The second-order valence-electron chi connectivity index (χ2n) is 5.36. The van der Waals surface area contributed by atoms with Gasteiger partial charge in [0.05, 0.1) is 0 Å². The zero-order valence-corrected chi connectivity index (χ0v) is 16.2. The lowest BCUT2D eigenvalue weighted by Crippen LogP contribution is -2.39. The number of nitrogens with zero attached hydrogens (tertiary/aromatic N) is 1. The van der Waals surface area contributed by atoms with Gasteiger partial charge in [-0.15, -0.1) is 24.0 Å². The fourth-order valence-corrected chi connectivity index (χ4v) is 3.02. The van der Waals surface area contributed by atoms with Gasteiger partial charge in [0.15, 0.2) is 5.96 Å². The molecule has 0 amide bonds. The summed E-state index contributed by atoms with van der Waals surface area (Å²) in [5.41, 5.74) is 1.13. The molecule has 1 atom stereocenters. The van der Waals surface area contributed by atoms with Gasteiger partial charge in [0.25, 0.3) is 0 Å². The Morgan fingerprint density at radius 2 is 2.00 bits per heavy atom. The Bertz CT molecular complexity index is 478. The van der Waals surface area contributed by atoms with E-state index in [4.69, 9.17) is 0 Å². The average Bonchev–Trinajstić information content (AvgIpc) is 3.30. The topological polar surface area (TPSA) is 53.5 Å². The molecule has 1 aromatic carbocycles. The molecular weight excluding hydrogens is 409 g/mol. The van der Waals surface area contributed by atoms with E-state index >= 15 is 0 Å². The van der Waals surface area contributed by atoms with E-state index in [9.17, 15) is 4.21 Å². The molecule has 2 rings (SSSR count). The first-order chi connectivity index (χ1) is 10.3. The van der Waals surface area contributed by atoms with Crippen molar-refractivity contribution in [3.63, 3.8) is 0 Å². The van der Waals surface area contributed by atoms with E-state index in [0.29, 0.717) is 18.1 Å². The quantitative estimate of drug-likeness (QED) is 0.375. The van der Waals surface area contributed by atoms with Gasteiger partial charge in [-0.05, 0) is 31.2 Å². The van der Waals surface area contributed by atoms with E-state index in [1.807, 2.05) is 30.3 Å². The Morgan fingerprint density at radius 1 is 1.27 bits per heavy atom. The van der Waals surface area contributed by atoms with Crippen molar-refractivity contribution < 1.29 is 4.21 Å². The van der Waals surface area contributed by atoms with Crippen LogP contribution in [0.2, 0.25) is 0 Å². The van der Waals surface area contributed by atoms with E-state index < -0.39 is 10.8 Å². The Kier molecular flexibility index (Phi) is 9.70. The normalized spacial score (nSPS) is 15.8. The third-order valence-electron chi connectivity index (χ3n) is 3.34. The van der Waals surface area contributed by atoms with Crippen molar-refractivity contribution in [2.45, 2.75) is 25.5 Å². The second-order valence-corrected chi connectivity index (χ2v) is 6.94. The van der Waals surface area contributed by atoms with E-state index in [2.05, 4.69) is 22.5 Å². The number of rotatable bonds is 8. The maximum absolute atomic E-state index is 12.0. The van der Waals surface area contributed by atoms with Gasteiger partial charge < -0.3 is 10.6 Å². The predicted octanol–water partition coefficient (Wildman–Crippen LogP) is 2.52. The lowest BCUT2D eigenvalue weighted by atomic mass is 10.2. The van der Waals surface area contributed by atoms with Gasteiger partial charge in [0, 0.05) is 41.9 Å². The van der Waals surface area contributed by atoms with E-state index in [-0.39, 0.29) is 24.0 Å². The summed E-state index contributed by atoms with van der Waals surface area (Å²) in [4.78, 5) is 4.55. The van der Waals surface area contributed by atoms with E-state index in [0.717, 1.165) is 30.5 Å². The minimum Gasteiger partial charge on any atom is -0.357 e. The SMILES string of the molecule is CCNC(=NCC1CC1)NCCS(=O)Cc1ccccc1.I. The number of hydrogen-bond acceptors (Lipinski definition) is 2. The fraction of sp³-hybridized carbons (Fsp3) is 0.562. The third-order valence-corrected chi connectivity index (χ3v) is 4.66. The highest BCUT2D eigenvalue weighted by atomic mass is 127. The smallest absolute Gasteiger partial charge is 0.191 e. The van der Waals surface area contributed by atoms with Gasteiger partial charge in [-0.1, -0.05) is 30.3 Å². The molecule has 0 radical (unpaired) electrons. The summed E-state index contributed by atoms with van der Waals surface area (Å²) in [6.07, 6.45) is 2.62. The zero-order valence-electron chi connectivity index (χ0n) is 13.1. The second kappa shape index (κ2) is 11.0. The summed E-state index contributed by atoms with van der Waals surface area (Å²) in [5, 5.41) is 6.50. The van der Waals surface area contributed by atoms with Crippen LogP contribution >= 0.6 is 24.0 Å². The Balaban J connectivity index is 0.00000242. The molecule has 2 N–H and O–H groups in total. The number of guanidine groups is 1. The van der Waals surface area contributed by atoms with Crippen LogP contribution in [0.1, 0.15) is 25.3 Å². The lowest BCUT2D eigenvalue weighted by Gasteiger charge is -2.11. The number of aliphatic imine (C=N–C) groups is 1. The molecule has 124 valence electrons. The molecule has 1 aliphatic rings. The molecule has 1 aromatic rings. The zero-order chi connectivity index (χ0) is 14.9. The highest BCUT2D eigenvalue weighted by Crippen LogP contribution is 2.28. The largest absolute Gasteiger partial charge is 0.357 e. The first-order valence-corrected chi connectivity index (χ1v) is 9.18. The molecule has 6 heteroatoms. The Hall–Kier alpha value is -0.630. The molecule has 0 bridgehead atoms. The van der Waals surface area contributed by atoms with Gasteiger partial charge in [-0.2, -0.15) is 0 Å². The summed E-state index contributed by atoms with van der Waals surface area (Å²) in [6.45, 7) is 4.50. The summed E-state index contributed by atoms with van der Waals surface area (Å²) in [6, 6.07) is 9.99. The molecule has 1 unspecified atom stereocenters. The molecule has 1 fully saturated rings. The first-order valence-electron chi connectivity index (χ1n) is 7.69. The summed E-state index contributed by atoms with van der Waals surface area (Å²) in [5.74, 6) is 2.90. The fourth-order valence-electron chi connectivity index (χ4n) is 1.98. The summed E-state index contributed by atoms with van der Waals surface area (Å²) < 4.78 is 12.0.